The van der Waals surface area contributed by atoms with Gasteiger partial charge in [-0.3, -0.25) is 0 Å². The Morgan fingerprint density at radius 1 is 0.783 bits per heavy atom. The lowest BCUT2D eigenvalue weighted by molar-refractivity contribution is 0.154. The maximum Gasteiger partial charge on any atom is 0.469 e. The zero-order valence-electron chi connectivity index (χ0n) is 16.2. The number of carbonyl (C=O) groups is 1. The van der Waals surface area contributed by atoms with E-state index >= 15 is 0 Å². The van der Waals surface area contributed by atoms with Crippen molar-refractivity contribution in [2.75, 3.05) is 6.61 Å². The van der Waals surface area contributed by atoms with Crippen molar-refractivity contribution in [2.24, 2.45) is 5.73 Å². The summed E-state index contributed by atoms with van der Waals surface area (Å²) in [6, 6.07) is 0.652. The van der Waals surface area contributed by atoms with E-state index in [1.54, 1.807) is 0 Å². The van der Waals surface area contributed by atoms with Gasteiger partial charge in [0.1, 0.15) is 0 Å². The minimum absolute atomic E-state index is 0.267. The fourth-order valence-electron chi connectivity index (χ4n) is 2.08. The average molecular weight is 398 g/mol. The monoisotopic (exact) mass is 397 g/mol. The molecule has 2 N–H and O–H groups in total. The summed E-state index contributed by atoms with van der Waals surface area (Å²) in [6.45, 7) is 19.6. The molecule has 0 radical (unpaired) electrons. The van der Waals surface area contributed by atoms with Crippen LogP contribution < -0.4 is 5.73 Å². The van der Waals surface area contributed by atoms with Crippen molar-refractivity contribution >= 4 is 39.8 Å². The number of hydrogen-bond donors (Lipinski definition) is 1. The highest BCUT2D eigenvalue weighted by atomic mass is 28.5. The minimum atomic E-state index is -2.82. The van der Waals surface area contributed by atoms with Crippen molar-refractivity contribution in [2.45, 2.75) is 71.4 Å². The number of hydrogen-bond acceptors (Lipinski definition) is 5. The highest BCUT2D eigenvalue weighted by molar-refractivity contribution is 6.90. The fraction of sp³-hybridized carbons (Fsp3) is 0.923. The largest absolute Gasteiger partial charge is 0.469 e. The first-order chi connectivity index (χ1) is 10.0. The quantitative estimate of drug-likeness (QED) is 0.445. The molecule has 0 aliphatic rings. The highest BCUT2D eigenvalue weighted by Gasteiger charge is 2.49. The molecule has 0 bridgehead atoms. The maximum atomic E-state index is 10.7. The molecule has 6 nitrogen and oxygen atoms in total. The number of nitrogens with two attached hydrogens (primary N) is 1. The zero-order valence-corrected chi connectivity index (χ0v) is 20.2. The van der Waals surface area contributed by atoms with Crippen molar-refractivity contribution in [3.8, 4) is 0 Å². The standard InChI is InChI=1S/C13H35NO5Si4/c1-20(2,3)17-23(18-21(4,5)6,19-22(7,8)9)12-10-11-16-13(14)15/h10-12H2,1-9H3,(H2,14,15). The van der Waals surface area contributed by atoms with Gasteiger partial charge in [0.05, 0.1) is 6.61 Å². The molecule has 0 unspecified atom stereocenters. The molecule has 0 aliphatic carbocycles. The third-order valence-corrected chi connectivity index (χ3v) is 14.3. The molecule has 138 valence electrons. The van der Waals surface area contributed by atoms with Crippen LogP contribution in [0.25, 0.3) is 0 Å². The summed E-state index contributed by atoms with van der Waals surface area (Å²) in [5, 5.41) is 0. The van der Waals surface area contributed by atoms with E-state index in [4.69, 9.17) is 22.8 Å². The Labute approximate surface area is 145 Å². The third-order valence-electron chi connectivity index (χ3n) is 2.26. The SMILES string of the molecule is C[Si](C)(C)O[Si](CCCOC(N)=O)(O[Si](C)(C)C)O[Si](C)(C)C. The van der Waals surface area contributed by atoms with E-state index < -0.39 is 39.8 Å². The van der Waals surface area contributed by atoms with Crippen LogP contribution in [0.5, 0.6) is 0 Å². The first-order valence-corrected chi connectivity index (χ1v) is 20.2. The second-order valence-electron chi connectivity index (χ2n) is 8.60. The third kappa shape index (κ3) is 13.0. The molecule has 0 aromatic carbocycles. The van der Waals surface area contributed by atoms with Gasteiger partial charge >= 0.3 is 14.9 Å². The van der Waals surface area contributed by atoms with E-state index in [-0.39, 0.29) is 6.61 Å². The molecule has 0 saturated carbocycles. The Morgan fingerprint density at radius 3 is 1.39 bits per heavy atom. The lowest BCUT2D eigenvalue weighted by Gasteiger charge is -2.42. The van der Waals surface area contributed by atoms with E-state index in [2.05, 4.69) is 58.9 Å². The van der Waals surface area contributed by atoms with E-state index in [1.807, 2.05) is 0 Å². The summed E-state index contributed by atoms with van der Waals surface area (Å²) in [7, 11) is -8.37. The van der Waals surface area contributed by atoms with Gasteiger partial charge in [-0.1, -0.05) is 0 Å². The number of ether oxygens (including phenoxy) is 1. The van der Waals surface area contributed by atoms with Crippen LogP contribution in [0.1, 0.15) is 6.42 Å². The number of rotatable bonds is 10. The van der Waals surface area contributed by atoms with Gasteiger partial charge in [0, 0.05) is 6.04 Å². The van der Waals surface area contributed by atoms with Crippen LogP contribution in [0.4, 0.5) is 4.79 Å². The van der Waals surface area contributed by atoms with Crippen molar-refractivity contribution in [1.29, 1.82) is 0 Å². The van der Waals surface area contributed by atoms with Crippen molar-refractivity contribution in [3.05, 3.63) is 0 Å². The molecular weight excluding hydrogens is 362 g/mol. The van der Waals surface area contributed by atoms with E-state index in [9.17, 15) is 4.79 Å². The molecule has 0 saturated heterocycles. The first kappa shape index (κ1) is 23.0. The van der Waals surface area contributed by atoms with E-state index in [1.165, 1.54) is 0 Å². The fourth-order valence-corrected chi connectivity index (χ4v) is 16.7. The van der Waals surface area contributed by atoms with Crippen LogP contribution in [0.15, 0.2) is 0 Å². The van der Waals surface area contributed by atoms with Gasteiger partial charge in [-0.25, -0.2) is 4.79 Å². The van der Waals surface area contributed by atoms with E-state index in [0.717, 1.165) is 0 Å². The van der Waals surface area contributed by atoms with Crippen LogP contribution in [0, 0.1) is 0 Å². The first-order valence-electron chi connectivity index (χ1n) is 8.06. The molecule has 0 aromatic rings. The predicted octanol–water partition coefficient (Wildman–Crippen LogP) is 3.97. The highest BCUT2D eigenvalue weighted by Crippen LogP contribution is 2.29. The molecule has 23 heavy (non-hydrogen) atoms. The van der Waals surface area contributed by atoms with Crippen molar-refractivity contribution in [1.82, 2.24) is 0 Å². The smallest absolute Gasteiger partial charge is 0.450 e. The molecule has 0 heterocycles. The van der Waals surface area contributed by atoms with Gasteiger partial charge in [-0.2, -0.15) is 0 Å². The van der Waals surface area contributed by atoms with Gasteiger partial charge in [-0.15, -0.1) is 0 Å². The number of primary amides is 1. The number of carbonyl (C=O) groups excluding carboxylic acids is 1. The van der Waals surface area contributed by atoms with Crippen LogP contribution in [0.2, 0.25) is 65.0 Å². The summed E-state index contributed by atoms with van der Waals surface area (Å²) in [5.74, 6) is 0. The summed E-state index contributed by atoms with van der Waals surface area (Å²) >= 11 is 0. The Kier molecular flexibility index (Phi) is 8.41. The van der Waals surface area contributed by atoms with E-state index in [0.29, 0.717) is 12.5 Å². The minimum Gasteiger partial charge on any atom is -0.450 e. The number of amides is 1. The van der Waals surface area contributed by atoms with Crippen LogP contribution in [0.3, 0.4) is 0 Å². The maximum absolute atomic E-state index is 10.7. The normalized spacial score (nSPS) is 14.0. The Hall–Kier alpha value is 0.0175. The second kappa shape index (κ2) is 8.40. The van der Waals surface area contributed by atoms with Crippen LogP contribution in [-0.2, 0) is 17.1 Å². The molecule has 0 atom stereocenters. The zero-order chi connectivity index (χ0) is 18.5. The second-order valence-corrected chi connectivity index (χ2v) is 25.6. The molecule has 0 rings (SSSR count). The topological polar surface area (TPSA) is 80.0 Å². The summed E-state index contributed by atoms with van der Waals surface area (Å²) in [4.78, 5) is 10.7. The van der Waals surface area contributed by atoms with Gasteiger partial charge in [-0.05, 0) is 65.3 Å². The summed E-state index contributed by atoms with van der Waals surface area (Å²) < 4.78 is 24.4. The molecule has 1 amide bonds. The Balaban J connectivity index is 5.32. The Morgan fingerprint density at radius 2 is 1.13 bits per heavy atom. The summed E-state index contributed by atoms with van der Waals surface area (Å²) in [6.07, 6.45) is -0.116. The van der Waals surface area contributed by atoms with Crippen molar-refractivity contribution in [3.63, 3.8) is 0 Å². The van der Waals surface area contributed by atoms with Gasteiger partial charge < -0.3 is 22.8 Å². The molecule has 0 spiro atoms. The molecule has 0 fully saturated rings. The predicted molar refractivity (Wildman–Crippen MR) is 104 cm³/mol. The molecule has 0 aliphatic heterocycles. The van der Waals surface area contributed by atoms with Crippen molar-refractivity contribution < 1.29 is 21.9 Å². The lowest BCUT2D eigenvalue weighted by atomic mass is 10.5. The van der Waals surface area contributed by atoms with Gasteiger partial charge in [0.25, 0.3) is 0 Å². The summed E-state index contributed by atoms with van der Waals surface area (Å²) in [5.41, 5.74) is 5.02. The lowest BCUT2D eigenvalue weighted by Crippen LogP contribution is -2.60. The Bertz CT molecular complexity index is 347. The molecule has 10 heteroatoms. The van der Waals surface area contributed by atoms with Crippen LogP contribution >= 0.6 is 0 Å². The van der Waals surface area contributed by atoms with Crippen LogP contribution in [-0.4, -0.2) is 46.5 Å². The molecule has 0 aromatic heterocycles. The van der Waals surface area contributed by atoms with Gasteiger partial charge in [0.15, 0.2) is 25.0 Å². The van der Waals surface area contributed by atoms with Gasteiger partial charge in [0.2, 0.25) is 0 Å². The molecular formula is C13H35NO5Si4. The average Bonchev–Trinajstić information content (AvgIpc) is 2.16.